The number of hydrogen-bond acceptors (Lipinski definition) is 2. The molecule has 0 spiro atoms. The van der Waals surface area contributed by atoms with Gasteiger partial charge in [-0.1, -0.05) is 28.1 Å². The SMILES string of the molecule is CNC1CCN(C(C)c2ccc(Br)cc2)CC1. The van der Waals surface area contributed by atoms with Crippen LogP contribution in [-0.4, -0.2) is 31.1 Å². The fourth-order valence-electron chi connectivity index (χ4n) is 2.53. The average Bonchev–Trinajstić information content (AvgIpc) is 2.39. The summed E-state index contributed by atoms with van der Waals surface area (Å²) in [4.78, 5) is 2.58. The van der Waals surface area contributed by atoms with Crippen molar-refractivity contribution in [3.05, 3.63) is 34.3 Å². The van der Waals surface area contributed by atoms with Crippen molar-refractivity contribution < 1.29 is 0 Å². The maximum Gasteiger partial charge on any atom is 0.0319 e. The van der Waals surface area contributed by atoms with E-state index in [-0.39, 0.29) is 0 Å². The summed E-state index contributed by atoms with van der Waals surface area (Å²) in [5.41, 5.74) is 1.41. The van der Waals surface area contributed by atoms with Crippen LogP contribution in [0, 0.1) is 0 Å². The Morgan fingerprint density at radius 2 is 1.82 bits per heavy atom. The first-order valence-corrected chi connectivity index (χ1v) is 7.17. The van der Waals surface area contributed by atoms with Gasteiger partial charge >= 0.3 is 0 Å². The lowest BCUT2D eigenvalue weighted by Gasteiger charge is -2.36. The molecule has 1 aromatic rings. The Bertz CT molecular complexity index is 342. The Balaban J connectivity index is 1.96. The fraction of sp³-hybridized carbons (Fsp3) is 0.571. The first-order chi connectivity index (χ1) is 8.20. The van der Waals surface area contributed by atoms with Gasteiger partial charge in [0.15, 0.2) is 0 Å². The van der Waals surface area contributed by atoms with Gasteiger partial charge < -0.3 is 5.32 Å². The number of likely N-dealkylation sites (tertiary alicyclic amines) is 1. The van der Waals surface area contributed by atoms with E-state index in [4.69, 9.17) is 0 Å². The van der Waals surface area contributed by atoms with Crippen molar-refractivity contribution in [1.82, 2.24) is 10.2 Å². The third-order valence-corrected chi connectivity index (χ3v) is 4.37. The third-order valence-electron chi connectivity index (χ3n) is 3.84. The van der Waals surface area contributed by atoms with E-state index >= 15 is 0 Å². The summed E-state index contributed by atoms with van der Waals surface area (Å²) in [7, 11) is 2.07. The van der Waals surface area contributed by atoms with Gasteiger partial charge in [-0.05, 0) is 44.5 Å². The molecule has 1 saturated heterocycles. The van der Waals surface area contributed by atoms with Crippen molar-refractivity contribution in [1.29, 1.82) is 0 Å². The zero-order valence-electron chi connectivity index (χ0n) is 10.6. The van der Waals surface area contributed by atoms with E-state index in [0.717, 1.165) is 4.47 Å². The normalized spacial score (nSPS) is 20.4. The van der Waals surface area contributed by atoms with Gasteiger partial charge in [0.05, 0.1) is 0 Å². The summed E-state index contributed by atoms with van der Waals surface area (Å²) in [5.74, 6) is 0. The summed E-state index contributed by atoms with van der Waals surface area (Å²) >= 11 is 3.49. The number of hydrogen-bond donors (Lipinski definition) is 1. The molecule has 1 fully saturated rings. The lowest BCUT2D eigenvalue weighted by atomic mass is 10.0. The molecule has 0 radical (unpaired) electrons. The highest BCUT2D eigenvalue weighted by molar-refractivity contribution is 9.10. The second-order valence-corrected chi connectivity index (χ2v) is 5.74. The van der Waals surface area contributed by atoms with Crippen LogP contribution < -0.4 is 5.32 Å². The quantitative estimate of drug-likeness (QED) is 0.921. The summed E-state index contributed by atoms with van der Waals surface area (Å²) in [6.07, 6.45) is 2.52. The largest absolute Gasteiger partial charge is 0.317 e. The number of piperidine rings is 1. The van der Waals surface area contributed by atoms with E-state index in [0.29, 0.717) is 12.1 Å². The smallest absolute Gasteiger partial charge is 0.0319 e. The van der Waals surface area contributed by atoms with Crippen LogP contribution in [0.2, 0.25) is 0 Å². The lowest BCUT2D eigenvalue weighted by molar-refractivity contribution is 0.155. The molecule has 94 valence electrons. The summed E-state index contributed by atoms with van der Waals surface area (Å²) < 4.78 is 1.15. The topological polar surface area (TPSA) is 15.3 Å². The Kier molecular flexibility index (Phi) is 4.60. The van der Waals surface area contributed by atoms with Crippen LogP contribution in [0.15, 0.2) is 28.7 Å². The maximum atomic E-state index is 3.49. The van der Waals surface area contributed by atoms with Crippen LogP contribution in [-0.2, 0) is 0 Å². The minimum absolute atomic E-state index is 0.529. The van der Waals surface area contributed by atoms with E-state index < -0.39 is 0 Å². The number of halogens is 1. The molecule has 1 aromatic carbocycles. The van der Waals surface area contributed by atoms with Crippen molar-refractivity contribution >= 4 is 15.9 Å². The number of benzene rings is 1. The van der Waals surface area contributed by atoms with E-state index in [1.807, 2.05) is 0 Å². The molecule has 0 saturated carbocycles. The molecule has 0 aromatic heterocycles. The molecule has 1 aliphatic heterocycles. The average molecular weight is 297 g/mol. The maximum absolute atomic E-state index is 3.49. The molecule has 0 bridgehead atoms. The van der Waals surface area contributed by atoms with Crippen LogP contribution >= 0.6 is 15.9 Å². The second-order valence-electron chi connectivity index (χ2n) is 4.83. The summed E-state index contributed by atoms with van der Waals surface area (Å²) in [5, 5.41) is 3.38. The minimum atomic E-state index is 0.529. The first kappa shape index (κ1) is 13.1. The molecular formula is C14H21BrN2. The predicted molar refractivity (Wildman–Crippen MR) is 76.2 cm³/mol. The van der Waals surface area contributed by atoms with E-state index in [9.17, 15) is 0 Å². The molecule has 2 rings (SSSR count). The van der Waals surface area contributed by atoms with Gasteiger partial charge in [-0.25, -0.2) is 0 Å². The monoisotopic (exact) mass is 296 g/mol. The number of nitrogens with one attached hydrogen (secondary N) is 1. The van der Waals surface area contributed by atoms with Gasteiger partial charge in [0.25, 0.3) is 0 Å². The fourth-order valence-corrected chi connectivity index (χ4v) is 2.79. The zero-order valence-corrected chi connectivity index (χ0v) is 12.2. The van der Waals surface area contributed by atoms with Crippen LogP contribution in [0.4, 0.5) is 0 Å². The molecule has 1 heterocycles. The van der Waals surface area contributed by atoms with Crippen molar-refractivity contribution in [2.45, 2.75) is 31.8 Å². The number of nitrogens with zero attached hydrogens (tertiary/aromatic N) is 1. The number of rotatable bonds is 3. The zero-order chi connectivity index (χ0) is 12.3. The Labute approximate surface area is 113 Å². The standard InChI is InChI=1S/C14H21BrN2/c1-11(12-3-5-13(15)6-4-12)17-9-7-14(16-2)8-10-17/h3-6,11,14,16H,7-10H2,1-2H3. The highest BCUT2D eigenvalue weighted by Gasteiger charge is 2.22. The van der Waals surface area contributed by atoms with Gasteiger partial charge in [0.1, 0.15) is 0 Å². The lowest BCUT2D eigenvalue weighted by Crippen LogP contribution is -2.42. The molecular weight excluding hydrogens is 276 g/mol. The van der Waals surface area contributed by atoms with Gasteiger partial charge in [-0.15, -0.1) is 0 Å². The van der Waals surface area contributed by atoms with Crippen LogP contribution in [0.3, 0.4) is 0 Å². The molecule has 0 aliphatic carbocycles. The van der Waals surface area contributed by atoms with Crippen molar-refractivity contribution in [3.8, 4) is 0 Å². The van der Waals surface area contributed by atoms with Crippen molar-refractivity contribution in [2.24, 2.45) is 0 Å². The molecule has 17 heavy (non-hydrogen) atoms. The third kappa shape index (κ3) is 3.30. The first-order valence-electron chi connectivity index (χ1n) is 6.37. The Morgan fingerprint density at radius 1 is 1.24 bits per heavy atom. The van der Waals surface area contributed by atoms with Crippen molar-refractivity contribution in [2.75, 3.05) is 20.1 Å². The van der Waals surface area contributed by atoms with Crippen molar-refractivity contribution in [3.63, 3.8) is 0 Å². The van der Waals surface area contributed by atoms with Crippen LogP contribution in [0.1, 0.15) is 31.4 Å². The molecule has 0 amide bonds. The van der Waals surface area contributed by atoms with E-state index in [1.165, 1.54) is 31.5 Å². The highest BCUT2D eigenvalue weighted by atomic mass is 79.9. The van der Waals surface area contributed by atoms with E-state index in [1.54, 1.807) is 0 Å². The molecule has 1 aliphatic rings. The molecule has 1 unspecified atom stereocenters. The Morgan fingerprint density at radius 3 is 2.35 bits per heavy atom. The van der Waals surface area contributed by atoms with Gasteiger partial charge in [-0.2, -0.15) is 0 Å². The molecule has 1 N–H and O–H groups in total. The van der Waals surface area contributed by atoms with Gasteiger partial charge in [0, 0.05) is 29.6 Å². The highest BCUT2D eigenvalue weighted by Crippen LogP contribution is 2.25. The molecule has 1 atom stereocenters. The predicted octanol–water partition coefficient (Wildman–Crippen LogP) is 3.19. The summed E-state index contributed by atoms with van der Waals surface area (Å²) in [6, 6.07) is 9.94. The Hall–Kier alpha value is -0.380. The second kappa shape index (κ2) is 5.98. The van der Waals surface area contributed by atoms with E-state index in [2.05, 4.69) is 64.4 Å². The van der Waals surface area contributed by atoms with Gasteiger partial charge in [0.2, 0.25) is 0 Å². The van der Waals surface area contributed by atoms with Crippen LogP contribution in [0.25, 0.3) is 0 Å². The van der Waals surface area contributed by atoms with Gasteiger partial charge in [-0.3, -0.25) is 4.90 Å². The van der Waals surface area contributed by atoms with Crippen LogP contribution in [0.5, 0.6) is 0 Å². The summed E-state index contributed by atoms with van der Waals surface area (Å²) in [6.45, 7) is 4.70. The molecule has 3 heteroatoms. The molecule has 2 nitrogen and oxygen atoms in total. The minimum Gasteiger partial charge on any atom is -0.317 e.